The quantitative estimate of drug-likeness (QED) is 0.516. The maximum Gasteiger partial charge on any atom is 0.296 e. The predicted molar refractivity (Wildman–Crippen MR) is 50.0 cm³/mol. The van der Waals surface area contributed by atoms with Gasteiger partial charge in [-0.05, 0) is 16.6 Å². The molecule has 3 heteroatoms. The summed E-state index contributed by atoms with van der Waals surface area (Å²) in [6.45, 7) is 4.33. The zero-order valence-corrected chi connectivity index (χ0v) is 7.31. The van der Waals surface area contributed by atoms with E-state index < -0.39 is 0 Å². The fourth-order valence-electron chi connectivity index (χ4n) is 1.27. The number of hydrazone groups is 1. The van der Waals surface area contributed by atoms with Gasteiger partial charge >= 0.3 is 0 Å². The van der Waals surface area contributed by atoms with Crippen molar-refractivity contribution in [2.45, 2.75) is 20.0 Å². The minimum atomic E-state index is 0.118. The molecule has 0 aromatic rings. The highest BCUT2D eigenvalue weighted by Crippen LogP contribution is 2.15. The van der Waals surface area contributed by atoms with Crippen molar-refractivity contribution in [2.24, 2.45) is 16.0 Å². The maximum absolute atomic E-state index is 4.25. The molecule has 2 aliphatic rings. The van der Waals surface area contributed by atoms with Gasteiger partial charge in [0.2, 0.25) is 6.21 Å². The van der Waals surface area contributed by atoms with Crippen molar-refractivity contribution in [2.75, 3.05) is 0 Å². The Bertz CT molecular complexity index is 308. The van der Waals surface area contributed by atoms with E-state index in [0.717, 1.165) is 0 Å². The van der Waals surface area contributed by atoms with E-state index >= 15 is 0 Å². The summed E-state index contributed by atoms with van der Waals surface area (Å²) in [5.41, 5.74) is 1.27. The first-order valence-corrected chi connectivity index (χ1v) is 4.18. The topological polar surface area (TPSA) is 27.7 Å². The summed E-state index contributed by atoms with van der Waals surface area (Å²) in [6.07, 6.45) is 7.85. The van der Waals surface area contributed by atoms with Crippen LogP contribution in [0.4, 0.5) is 0 Å². The van der Waals surface area contributed by atoms with Gasteiger partial charge in [0.05, 0.1) is 12.4 Å². The van der Waals surface area contributed by atoms with Crippen LogP contribution in [-0.2, 0) is 0 Å². The lowest BCUT2D eigenvalue weighted by molar-refractivity contribution is -0.550. The first-order valence-electron chi connectivity index (χ1n) is 4.18. The Labute approximate surface area is 71.8 Å². The van der Waals surface area contributed by atoms with E-state index in [4.69, 9.17) is 0 Å². The molecule has 0 amide bonds. The number of hydrogen-bond acceptors (Lipinski definition) is 2. The van der Waals surface area contributed by atoms with E-state index in [2.05, 4.69) is 30.0 Å². The summed E-state index contributed by atoms with van der Waals surface area (Å²) in [5.74, 6) is 0.534. The molecule has 2 aliphatic heterocycles. The van der Waals surface area contributed by atoms with E-state index in [1.54, 1.807) is 6.21 Å². The molecule has 0 aromatic heterocycles. The second-order valence-electron chi connectivity index (χ2n) is 3.31. The van der Waals surface area contributed by atoms with Crippen molar-refractivity contribution in [1.82, 2.24) is 0 Å². The van der Waals surface area contributed by atoms with Crippen molar-refractivity contribution in [3.05, 3.63) is 11.6 Å². The van der Waals surface area contributed by atoms with Gasteiger partial charge in [0.1, 0.15) is 0 Å². The number of nitrogens with zero attached hydrogens (tertiary/aromatic N) is 3. The minimum absolute atomic E-state index is 0.118. The molecule has 2 rings (SSSR count). The minimum Gasteiger partial charge on any atom is -0.213 e. The molecule has 0 aliphatic carbocycles. The van der Waals surface area contributed by atoms with E-state index in [1.807, 2.05) is 17.1 Å². The number of fused-ring (bicyclic) bond motifs is 1. The Hall–Kier alpha value is -1.25. The molecule has 0 bridgehead atoms. The SMILES string of the molecule is CC(C)C1=CC2N=CC=[N+]2N=C1. The molecule has 1 unspecified atom stereocenters. The molecule has 62 valence electrons. The van der Waals surface area contributed by atoms with Gasteiger partial charge in [0, 0.05) is 6.08 Å². The molecule has 12 heavy (non-hydrogen) atoms. The van der Waals surface area contributed by atoms with Crippen LogP contribution in [-0.4, -0.2) is 29.5 Å². The van der Waals surface area contributed by atoms with Gasteiger partial charge in [0.15, 0.2) is 0 Å². The van der Waals surface area contributed by atoms with Crippen LogP contribution in [0.3, 0.4) is 0 Å². The standard InChI is InChI=1S/C9H12N3/c1-7(2)8-5-9-10-3-4-12(9)11-6-8/h3-7,9H,1-2H3/q+1. The molecule has 0 saturated carbocycles. The van der Waals surface area contributed by atoms with Crippen molar-refractivity contribution >= 4 is 18.6 Å². The van der Waals surface area contributed by atoms with E-state index in [9.17, 15) is 0 Å². The van der Waals surface area contributed by atoms with Crippen molar-refractivity contribution in [3.63, 3.8) is 0 Å². The molecule has 0 radical (unpaired) electrons. The highest BCUT2D eigenvalue weighted by molar-refractivity contribution is 6.14. The van der Waals surface area contributed by atoms with Crippen LogP contribution < -0.4 is 0 Å². The van der Waals surface area contributed by atoms with E-state index in [-0.39, 0.29) is 6.17 Å². The number of allylic oxidation sites excluding steroid dienone is 1. The zero-order chi connectivity index (χ0) is 8.55. The maximum atomic E-state index is 4.25. The molecule has 0 saturated heterocycles. The summed E-state index contributed by atoms with van der Waals surface area (Å²) in [4.78, 5) is 4.25. The first kappa shape index (κ1) is 7.40. The average molecular weight is 162 g/mol. The Morgan fingerprint density at radius 3 is 3.08 bits per heavy atom. The Kier molecular flexibility index (Phi) is 1.64. The molecule has 3 nitrogen and oxygen atoms in total. The molecule has 0 aromatic carbocycles. The molecule has 0 N–H and O–H groups in total. The molecule has 2 heterocycles. The Morgan fingerprint density at radius 1 is 1.50 bits per heavy atom. The van der Waals surface area contributed by atoms with Gasteiger partial charge in [-0.25, -0.2) is 4.99 Å². The van der Waals surface area contributed by atoms with Gasteiger partial charge in [-0.15, -0.1) is 0 Å². The highest BCUT2D eigenvalue weighted by Gasteiger charge is 2.25. The summed E-state index contributed by atoms with van der Waals surface area (Å²) >= 11 is 0. The Morgan fingerprint density at radius 2 is 2.33 bits per heavy atom. The third-order valence-corrected chi connectivity index (χ3v) is 2.08. The zero-order valence-electron chi connectivity index (χ0n) is 7.31. The molecular formula is C9H12N3+. The van der Waals surface area contributed by atoms with Crippen LogP contribution in [0.25, 0.3) is 0 Å². The second-order valence-corrected chi connectivity index (χ2v) is 3.31. The lowest BCUT2D eigenvalue weighted by Crippen LogP contribution is -2.20. The highest BCUT2D eigenvalue weighted by atomic mass is 15.4. The van der Waals surface area contributed by atoms with Gasteiger partial charge in [-0.3, -0.25) is 0 Å². The molecule has 1 atom stereocenters. The van der Waals surface area contributed by atoms with Crippen LogP contribution in [0.2, 0.25) is 0 Å². The van der Waals surface area contributed by atoms with Crippen LogP contribution in [0, 0.1) is 5.92 Å². The van der Waals surface area contributed by atoms with Gasteiger partial charge in [-0.1, -0.05) is 18.5 Å². The fourth-order valence-corrected chi connectivity index (χ4v) is 1.27. The Balaban J connectivity index is 2.28. The van der Waals surface area contributed by atoms with Crippen LogP contribution in [0.5, 0.6) is 0 Å². The lowest BCUT2D eigenvalue weighted by atomic mass is 10.0. The van der Waals surface area contributed by atoms with Crippen molar-refractivity contribution in [1.29, 1.82) is 0 Å². The average Bonchev–Trinajstić information content (AvgIpc) is 2.49. The van der Waals surface area contributed by atoms with E-state index in [1.165, 1.54) is 5.57 Å². The third kappa shape index (κ3) is 1.11. The van der Waals surface area contributed by atoms with Gasteiger partial charge in [0.25, 0.3) is 6.17 Å². The van der Waals surface area contributed by atoms with E-state index in [0.29, 0.717) is 5.92 Å². The van der Waals surface area contributed by atoms with Crippen LogP contribution in [0.15, 0.2) is 21.7 Å². The molecule has 0 fully saturated rings. The third-order valence-electron chi connectivity index (χ3n) is 2.08. The smallest absolute Gasteiger partial charge is 0.213 e. The van der Waals surface area contributed by atoms with Gasteiger partial charge in [-0.2, -0.15) is 0 Å². The predicted octanol–water partition coefficient (Wildman–Crippen LogP) is 1.06. The van der Waals surface area contributed by atoms with Crippen LogP contribution in [0.1, 0.15) is 13.8 Å². The summed E-state index contributed by atoms with van der Waals surface area (Å²) in [6, 6.07) is 0. The number of aliphatic imine (C=N–C) groups is 1. The number of hydrogen-bond donors (Lipinski definition) is 0. The first-order chi connectivity index (χ1) is 5.77. The van der Waals surface area contributed by atoms with Crippen molar-refractivity contribution in [3.8, 4) is 0 Å². The summed E-state index contributed by atoms with van der Waals surface area (Å²) < 4.78 is 1.85. The monoisotopic (exact) mass is 162 g/mol. The molecular weight excluding hydrogens is 150 g/mol. The van der Waals surface area contributed by atoms with Crippen LogP contribution >= 0.6 is 0 Å². The largest absolute Gasteiger partial charge is 0.296 e. The van der Waals surface area contributed by atoms with Gasteiger partial charge < -0.3 is 0 Å². The second kappa shape index (κ2) is 2.66. The fraction of sp³-hybridized carbons (Fsp3) is 0.444. The number of rotatable bonds is 1. The van der Waals surface area contributed by atoms with Crippen molar-refractivity contribution < 1.29 is 4.68 Å². The lowest BCUT2D eigenvalue weighted by Gasteiger charge is -2.09. The molecule has 0 spiro atoms. The summed E-state index contributed by atoms with van der Waals surface area (Å²) in [5, 5.41) is 4.25. The summed E-state index contributed by atoms with van der Waals surface area (Å²) in [7, 11) is 0. The normalized spacial score (nSPS) is 25.8.